The zero-order valence-electron chi connectivity index (χ0n) is 11.5. The van der Waals surface area contributed by atoms with Crippen LogP contribution in [-0.4, -0.2) is 4.98 Å². The molecule has 0 aliphatic carbocycles. The van der Waals surface area contributed by atoms with Gasteiger partial charge in [0, 0.05) is 17.3 Å². The first kappa shape index (κ1) is 13.4. The quantitative estimate of drug-likeness (QED) is 0.644. The van der Waals surface area contributed by atoms with Crippen molar-refractivity contribution in [2.45, 2.75) is 6.92 Å². The fourth-order valence-electron chi connectivity index (χ4n) is 2.41. The van der Waals surface area contributed by atoms with Gasteiger partial charge in [-0.25, -0.2) is 8.78 Å². The van der Waals surface area contributed by atoms with Crippen LogP contribution < -0.4 is 0 Å². The molecule has 3 heteroatoms. The molecule has 0 spiro atoms. The van der Waals surface area contributed by atoms with E-state index in [4.69, 9.17) is 0 Å². The van der Waals surface area contributed by atoms with Crippen molar-refractivity contribution < 1.29 is 8.78 Å². The number of nitrogens with zero attached hydrogens (tertiary/aromatic N) is 1. The van der Waals surface area contributed by atoms with E-state index >= 15 is 0 Å². The maximum Gasteiger partial charge on any atom is 0.132 e. The van der Waals surface area contributed by atoms with E-state index in [1.54, 1.807) is 6.20 Å². The van der Waals surface area contributed by atoms with Gasteiger partial charge in [0.25, 0.3) is 0 Å². The van der Waals surface area contributed by atoms with Crippen molar-refractivity contribution in [2.24, 2.45) is 0 Å². The summed E-state index contributed by atoms with van der Waals surface area (Å²) in [5, 5.41) is 0. The summed E-state index contributed by atoms with van der Waals surface area (Å²) in [6.45, 7) is 1.94. The van der Waals surface area contributed by atoms with Crippen LogP contribution in [0, 0.1) is 18.6 Å². The highest BCUT2D eigenvalue weighted by molar-refractivity contribution is 5.83. The monoisotopic (exact) mass is 281 g/mol. The van der Waals surface area contributed by atoms with E-state index in [0.717, 1.165) is 28.8 Å². The number of hydrogen-bond donors (Lipinski definition) is 0. The Kier molecular flexibility index (Phi) is 3.48. The van der Waals surface area contributed by atoms with Crippen molar-refractivity contribution in [1.82, 2.24) is 4.98 Å². The average Bonchev–Trinajstić information content (AvgIpc) is 2.50. The van der Waals surface area contributed by atoms with Gasteiger partial charge >= 0.3 is 0 Å². The van der Waals surface area contributed by atoms with Crippen molar-refractivity contribution in [1.29, 1.82) is 0 Å². The van der Waals surface area contributed by atoms with Gasteiger partial charge in [0.05, 0.1) is 5.69 Å². The van der Waals surface area contributed by atoms with Crippen LogP contribution >= 0.6 is 0 Å². The zero-order chi connectivity index (χ0) is 14.8. The Balaban J connectivity index is 2.29. The van der Waals surface area contributed by atoms with Crippen molar-refractivity contribution in [3.8, 4) is 22.4 Å². The van der Waals surface area contributed by atoms with Crippen LogP contribution in [0.1, 0.15) is 5.56 Å². The van der Waals surface area contributed by atoms with E-state index in [1.165, 1.54) is 6.07 Å². The Labute approximate surface area is 121 Å². The first-order chi connectivity index (χ1) is 10.2. The Bertz CT molecular complexity index is 782. The van der Waals surface area contributed by atoms with Crippen LogP contribution in [0.15, 0.2) is 60.8 Å². The highest BCUT2D eigenvalue weighted by Gasteiger charge is 2.15. The van der Waals surface area contributed by atoms with E-state index in [2.05, 4.69) is 4.98 Å². The summed E-state index contributed by atoms with van der Waals surface area (Å²) >= 11 is 0. The third-order valence-corrected chi connectivity index (χ3v) is 3.41. The number of aromatic nitrogens is 1. The molecule has 0 radical (unpaired) electrons. The van der Waals surface area contributed by atoms with Crippen LogP contribution in [0.2, 0.25) is 0 Å². The molecule has 0 aliphatic rings. The molecular weight excluding hydrogens is 268 g/mol. The van der Waals surface area contributed by atoms with E-state index < -0.39 is 11.6 Å². The molecule has 1 aromatic heterocycles. The summed E-state index contributed by atoms with van der Waals surface area (Å²) in [4.78, 5) is 4.28. The lowest BCUT2D eigenvalue weighted by molar-refractivity contribution is 0.602. The summed E-state index contributed by atoms with van der Waals surface area (Å²) in [7, 11) is 0. The number of rotatable bonds is 2. The standard InChI is InChI=1S/C18H13F2N/c1-12-9-10-21-18(15-11-14(19)7-8-16(15)20)17(12)13-5-3-2-4-6-13/h2-11H,1H3. The lowest BCUT2D eigenvalue weighted by Gasteiger charge is -2.13. The summed E-state index contributed by atoms with van der Waals surface area (Å²) in [6.07, 6.45) is 1.61. The smallest absolute Gasteiger partial charge is 0.132 e. The molecule has 0 fully saturated rings. The molecule has 21 heavy (non-hydrogen) atoms. The number of halogens is 2. The van der Waals surface area contributed by atoms with E-state index in [0.29, 0.717) is 5.69 Å². The third-order valence-electron chi connectivity index (χ3n) is 3.41. The van der Waals surface area contributed by atoms with Gasteiger partial charge in [-0.05, 0) is 42.3 Å². The molecule has 104 valence electrons. The Morgan fingerprint density at radius 3 is 2.43 bits per heavy atom. The lowest BCUT2D eigenvalue weighted by Crippen LogP contribution is -1.95. The summed E-state index contributed by atoms with van der Waals surface area (Å²) in [5.41, 5.74) is 3.36. The average molecular weight is 281 g/mol. The molecular formula is C18H13F2N. The minimum Gasteiger partial charge on any atom is -0.255 e. The molecule has 3 rings (SSSR count). The van der Waals surface area contributed by atoms with Crippen LogP contribution in [0.3, 0.4) is 0 Å². The molecule has 0 N–H and O–H groups in total. The van der Waals surface area contributed by atoms with E-state index in [-0.39, 0.29) is 5.56 Å². The predicted molar refractivity (Wildman–Crippen MR) is 79.8 cm³/mol. The van der Waals surface area contributed by atoms with Crippen molar-refractivity contribution in [2.75, 3.05) is 0 Å². The number of aryl methyl sites for hydroxylation is 1. The van der Waals surface area contributed by atoms with Crippen LogP contribution in [0.4, 0.5) is 8.78 Å². The fraction of sp³-hybridized carbons (Fsp3) is 0.0556. The number of benzene rings is 2. The Hall–Kier alpha value is -2.55. The highest BCUT2D eigenvalue weighted by Crippen LogP contribution is 2.34. The van der Waals surface area contributed by atoms with Gasteiger partial charge in [-0.15, -0.1) is 0 Å². The fourth-order valence-corrected chi connectivity index (χ4v) is 2.41. The van der Waals surface area contributed by atoms with Gasteiger partial charge < -0.3 is 0 Å². The summed E-state index contributed by atoms with van der Waals surface area (Å²) < 4.78 is 27.5. The van der Waals surface area contributed by atoms with Gasteiger partial charge in [0.15, 0.2) is 0 Å². The van der Waals surface area contributed by atoms with Crippen LogP contribution in [0.25, 0.3) is 22.4 Å². The number of pyridine rings is 1. The molecule has 0 saturated heterocycles. The van der Waals surface area contributed by atoms with Crippen molar-refractivity contribution in [3.05, 3.63) is 78.0 Å². The molecule has 0 unspecified atom stereocenters. The minimum absolute atomic E-state index is 0.178. The Morgan fingerprint density at radius 1 is 0.905 bits per heavy atom. The largest absolute Gasteiger partial charge is 0.255 e. The zero-order valence-corrected chi connectivity index (χ0v) is 11.5. The molecule has 1 nitrogen and oxygen atoms in total. The van der Waals surface area contributed by atoms with Crippen LogP contribution in [-0.2, 0) is 0 Å². The van der Waals surface area contributed by atoms with Gasteiger partial charge in [-0.3, -0.25) is 4.98 Å². The van der Waals surface area contributed by atoms with E-state index in [1.807, 2.05) is 43.3 Å². The topological polar surface area (TPSA) is 12.9 Å². The molecule has 0 aliphatic heterocycles. The molecule has 0 saturated carbocycles. The SMILES string of the molecule is Cc1ccnc(-c2cc(F)ccc2F)c1-c1ccccc1. The minimum atomic E-state index is -0.480. The first-order valence-electron chi connectivity index (χ1n) is 6.63. The van der Waals surface area contributed by atoms with Crippen LogP contribution in [0.5, 0.6) is 0 Å². The second-order valence-corrected chi connectivity index (χ2v) is 4.84. The molecule has 1 heterocycles. The highest BCUT2D eigenvalue weighted by atomic mass is 19.1. The number of hydrogen-bond acceptors (Lipinski definition) is 1. The van der Waals surface area contributed by atoms with Gasteiger partial charge in [0.1, 0.15) is 11.6 Å². The van der Waals surface area contributed by atoms with E-state index in [9.17, 15) is 8.78 Å². The van der Waals surface area contributed by atoms with Gasteiger partial charge in [-0.1, -0.05) is 30.3 Å². The Morgan fingerprint density at radius 2 is 1.67 bits per heavy atom. The van der Waals surface area contributed by atoms with Gasteiger partial charge in [-0.2, -0.15) is 0 Å². The normalized spacial score (nSPS) is 10.6. The molecule has 3 aromatic rings. The lowest BCUT2D eigenvalue weighted by atomic mass is 9.95. The maximum atomic E-state index is 14.1. The predicted octanol–water partition coefficient (Wildman–Crippen LogP) is 5.00. The molecule has 0 atom stereocenters. The molecule has 0 amide bonds. The summed E-state index contributed by atoms with van der Waals surface area (Å²) in [6, 6.07) is 14.9. The molecule has 0 bridgehead atoms. The second kappa shape index (κ2) is 5.44. The third kappa shape index (κ3) is 2.55. The maximum absolute atomic E-state index is 14.1. The summed E-state index contributed by atoms with van der Waals surface area (Å²) in [5.74, 6) is -0.958. The first-order valence-corrected chi connectivity index (χ1v) is 6.63. The second-order valence-electron chi connectivity index (χ2n) is 4.84. The van der Waals surface area contributed by atoms with Crippen molar-refractivity contribution >= 4 is 0 Å². The van der Waals surface area contributed by atoms with Crippen molar-refractivity contribution in [3.63, 3.8) is 0 Å². The van der Waals surface area contributed by atoms with Gasteiger partial charge in [0.2, 0.25) is 0 Å². The molecule has 2 aromatic carbocycles.